The first kappa shape index (κ1) is 18.2. The summed E-state index contributed by atoms with van der Waals surface area (Å²) in [5.41, 5.74) is 0.314. The Hall–Kier alpha value is -3.15. The second-order valence-electron chi connectivity index (χ2n) is 7.39. The standard InChI is InChI=1S/C22H22N2O4/c1-15(2)23-20(26)17-10-6-7-11-18(17)24-19(25)12-13-22(23,24)21(27)28-14-16-8-4-3-5-9-16/h3-11,15H,12-14H2,1-2H3. The first-order chi connectivity index (χ1) is 13.5. The van der Waals surface area contributed by atoms with E-state index in [1.54, 1.807) is 24.3 Å². The maximum absolute atomic E-state index is 13.4. The third-order valence-corrected chi connectivity index (χ3v) is 5.36. The van der Waals surface area contributed by atoms with Gasteiger partial charge in [0, 0.05) is 18.9 Å². The highest BCUT2D eigenvalue weighted by Crippen LogP contribution is 2.46. The van der Waals surface area contributed by atoms with Crippen molar-refractivity contribution in [1.82, 2.24) is 4.90 Å². The Balaban J connectivity index is 1.78. The van der Waals surface area contributed by atoms with Crippen LogP contribution < -0.4 is 4.90 Å². The van der Waals surface area contributed by atoms with Crippen LogP contribution in [-0.2, 0) is 20.9 Å². The highest BCUT2D eigenvalue weighted by atomic mass is 16.5. The second kappa shape index (κ2) is 6.78. The molecule has 0 spiro atoms. The molecular weight excluding hydrogens is 356 g/mol. The fraction of sp³-hybridized carbons (Fsp3) is 0.318. The zero-order valence-corrected chi connectivity index (χ0v) is 15.9. The van der Waals surface area contributed by atoms with Crippen molar-refractivity contribution in [1.29, 1.82) is 0 Å². The summed E-state index contributed by atoms with van der Waals surface area (Å²) in [6.45, 7) is 3.78. The summed E-state index contributed by atoms with van der Waals surface area (Å²) in [7, 11) is 0. The van der Waals surface area contributed by atoms with E-state index >= 15 is 0 Å². The van der Waals surface area contributed by atoms with Gasteiger partial charge in [-0.3, -0.25) is 14.5 Å². The van der Waals surface area contributed by atoms with Crippen LogP contribution in [0.25, 0.3) is 0 Å². The zero-order valence-electron chi connectivity index (χ0n) is 15.9. The van der Waals surface area contributed by atoms with Crippen LogP contribution in [-0.4, -0.2) is 34.4 Å². The van der Waals surface area contributed by atoms with Crippen LogP contribution in [0.5, 0.6) is 0 Å². The van der Waals surface area contributed by atoms with Crippen molar-refractivity contribution in [2.75, 3.05) is 4.90 Å². The average Bonchev–Trinajstić information content (AvgIpc) is 3.05. The van der Waals surface area contributed by atoms with Crippen LogP contribution in [0.1, 0.15) is 42.6 Å². The Morgan fingerprint density at radius 2 is 1.75 bits per heavy atom. The van der Waals surface area contributed by atoms with Crippen molar-refractivity contribution >= 4 is 23.5 Å². The van der Waals surface area contributed by atoms with Gasteiger partial charge in [-0.1, -0.05) is 42.5 Å². The van der Waals surface area contributed by atoms with Crippen molar-refractivity contribution < 1.29 is 19.1 Å². The molecule has 1 saturated heterocycles. The van der Waals surface area contributed by atoms with Gasteiger partial charge < -0.3 is 9.64 Å². The van der Waals surface area contributed by atoms with Crippen LogP contribution in [0.15, 0.2) is 54.6 Å². The van der Waals surface area contributed by atoms with Gasteiger partial charge in [0.05, 0.1) is 11.3 Å². The smallest absolute Gasteiger partial charge is 0.354 e. The first-order valence-electron chi connectivity index (χ1n) is 9.43. The Kier molecular flexibility index (Phi) is 4.41. The minimum atomic E-state index is -1.44. The van der Waals surface area contributed by atoms with E-state index in [4.69, 9.17) is 4.74 Å². The van der Waals surface area contributed by atoms with E-state index in [0.29, 0.717) is 11.3 Å². The molecule has 0 saturated carbocycles. The lowest BCUT2D eigenvalue weighted by Gasteiger charge is -2.50. The normalized spacial score (nSPS) is 21.0. The topological polar surface area (TPSA) is 66.9 Å². The number of hydrogen-bond acceptors (Lipinski definition) is 4. The molecule has 2 aromatic rings. The van der Waals surface area contributed by atoms with Gasteiger partial charge in [0.15, 0.2) is 0 Å². The largest absolute Gasteiger partial charge is 0.458 e. The molecule has 0 aromatic heterocycles. The maximum atomic E-state index is 13.4. The highest BCUT2D eigenvalue weighted by Gasteiger charge is 2.62. The van der Waals surface area contributed by atoms with E-state index < -0.39 is 11.6 Å². The van der Waals surface area contributed by atoms with E-state index in [2.05, 4.69) is 0 Å². The van der Waals surface area contributed by atoms with Crippen LogP contribution >= 0.6 is 0 Å². The number of amides is 2. The first-order valence-corrected chi connectivity index (χ1v) is 9.43. The van der Waals surface area contributed by atoms with E-state index in [1.165, 1.54) is 9.80 Å². The van der Waals surface area contributed by atoms with Crippen molar-refractivity contribution in [3.8, 4) is 0 Å². The molecule has 2 aliphatic rings. The van der Waals surface area contributed by atoms with Crippen LogP contribution in [0.2, 0.25) is 0 Å². The monoisotopic (exact) mass is 378 g/mol. The summed E-state index contributed by atoms with van der Waals surface area (Å²) in [6.07, 6.45) is 0.406. The van der Waals surface area contributed by atoms with Gasteiger partial charge in [-0.15, -0.1) is 0 Å². The molecule has 1 fully saturated rings. The van der Waals surface area contributed by atoms with Crippen LogP contribution in [0.3, 0.4) is 0 Å². The molecule has 0 bridgehead atoms. The number of carbonyl (C=O) groups is 3. The van der Waals surface area contributed by atoms with Gasteiger partial charge in [0.1, 0.15) is 6.61 Å². The lowest BCUT2D eigenvalue weighted by Crippen LogP contribution is -2.70. The number of para-hydroxylation sites is 1. The predicted octanol–water partition coefficient (Wildman–Crippen LogP) is 3.12. The Bertz CT molecular complexity index is 941. The fourth-order valence-electron chi connectivity index (χ4n) is 4.21. The molecule has 6 nitrogen and oxygen atoms in total. The third-order valence-electron chi connectivity index (χ3n) is 5.36. The summed E-state index contributed by atoms with van der Waals surface area (Å²) in [5, 5.41) is 0. The average molecular weight is 378 g/mol. The Morgan fingerprint density at radius 3 is 2.46 bits per heavy atom. The van der Waals surface area contributed by atoms with Gasteiger partial charge in [-0.2, -0.15) is 0 Å². The number of esters is 1. The van der Waals surface area contributed by atoms with Crippen LogP contribution in [0, 0.1) is 0 Å². The molecular formula is C22H22N2O4. The minimum Gasteiger partial charge on any atom is -0.458 e. The molecule has 28 heavy (non-hydrogen) atoms. The number of anilines is 1. The van der Waals surface area contributed by atoms with Crippen molar-refractivity contribution in [2.45, 2.75) is 45.0 Å². The fourth-order valence-corrected chi connectivity index (χ4v) is 4.21. The number of rotatable bonds is 4. The molecule has 6 heteroatoms. The van der Waals surface area contributed by atoms with E-state index in [1.807, 2.05) is 44.2 Å². The van der Waals surface area contributed by atoms with E-state index in [-0.39, 0.29) is 37.3 Å². The van der Waals surface area contributed by atoms with Gasteiger partial charge >= 0.3 is 5.97 Å². The highest BCUT2D eigenvalue weighted by molar-refractivity contribution is 6.15. The summed E-state index contributed by atoms with van der Waals surface area (Å²) in [6, 6.07) is 16.0. The Labute approximate surface area is 163 Å². The zero-order chi connectivity index (χ0) is 19.9. The SMILES string of the molecule is CC(C)N1C(=O)c2ccccc2N2C(=O)CCC21C(=O)OCc1ccccc1. The number of carbonyl (C=O) groups excluding carboxylic acids is 3. The van der Waals surface area contributed by atoms with Crippen molar-refractivity contribution in [3.05, 3.63) is 65.7 Å². The summed E-state index contributed by atoms with van der Waals surface area (Å²) >= 11 is 0. The minimum absolute atomic E-state index is 0.0885. The molecule has 1 unspecified atom stereocenters. The lowest BCUT2D eigenvalue weighted by molar-refractivity contribution is -0.159. The predicted molar refractivity (Wildman–Crippen MR) is 103 cm³/mol. The number of fused-ring (bicyclic) bond motifs is 3. The molecule has 0 aliphatic carbocycles. The second-order valence-corrected chi connectivity index (χ2v) is 7.39. The Morgan fingerprint density at radius 1 is 1.07 bits per heavy atom. The molecule has 0 N–H and O–H groups in total. The van der Waals surface area contributed by atoms with Crippen molar-refractivity contribution in [3.63, 3.8) is 0 Å². The molecule has 4 rings (SSSR count). The molecule has 2 aliphatic heterocycles. The molecule has 2 aromatic carbocycles. The molecule has 144 valence electrons. The van der Waals surface area contributed by atoms with Gasteiger partial charge in [-0.05, 0) is 31.5 Å². The lowest BCUT2D eigenvalue weighted by atomic mass is 9.95. The quantitative estimate of drug-likeness (QED) is 0.767. The van der Waals surface area contributed by atoms with Gasteiger partial charge in [-0.25, -0.2) is 4.79 Å². The number of hydrogen-bond donors (Lipinski definition) is 0. The summed E-state index contributed by atoms with van der Waals surface area (Å²) < 4.78 is 5.64. The summed E-state index contributed by atoms with van der Waals surface area (Å²) in [5.74, 6) is -1.01. The molecule has 2 amide bonds. The van der Waals surface area contributed by atoms with Gasteiger partial charge in [0.2, 0.25) is 11.6 Å². The van der Waals surface area contributed by atoms with E-state index in [0.717, 1.165) is 5.56 Å². The van der Waals surface area contributed by atoms with Crippen molar-refractivity contribution in [2.24, 2.45) is 0 Å². The number of nitrogens with zero attached hydrogens (tertiary/aromatic N) is 2. The van der Waals surface area contributed by atoms with Gasteiger partial charge in [0.25, 0.3) is 5.91 Å². The third kappa shape index (κ3) is 2.59. The van der Waals surface area contributed by atoms with E-state index in [9.17, 15) is 14.4 Å². The maximum Gasteiger partial charge on any atom is 0.354 e. The molecule has 1 atom stereocenters. The molecule has 2 heterocycles. The summed E-state index contributed by atoms with van der Waals surface area (Å²) in [4.78, 5) is 42.4. The van der Waals surface area contributed by atoms with Crippen LogP contribution in [0.4, 0.5) is 5.69 Å². The number of benzene rings is 2. The number of ether oxygens (including phenoxy) is 1. The molecule has 0 radical (unpaired) electrons.